The predicted molar refractivity (Wildman–Crippen MR) is 126 cm³/mol. The first-order chi connectivity index (χ1) is 14.0. The van der Waals surface area contributed by atoms with Crippen molar-refractivity contribution in [2.24, 2.45) is 12.0 Å². The molecule has 30 heavy (non-hydrogen) atoms. The van der Waals surface area contributed by atoms with E-state index in [4.69, 9.17) is 4.74 Å². The molecule has 1 saturated heterocycles. The molecular weight excluding hydrogens is 497 g/mol. The molecule has 1 amide bonds. The smallest absolute Gasteiger partial charge is 0.254 e. The Balaban J connectivity index is 0.00000320. The van der Waals surface area contributed by atoms with Gasteiger partial charge in [0, 0.05) is 39.3 Å². The van der Waals surface area contributed by atoms with Gasteiger partial charge in [-0.05, 0) is 31.5 Å². The van der Waals surface area contributed by atoms with E-state index in [2.05, 4.69) is 25.7 Å². The summed E-state index contributed by atoms with van der Waals surface area (Å²) in [7, 11) is 3.57. The highest BCUT2D eigenvalue weighted by atomic mass is 127. The lowest BCUT2D eigenvalue weighted by molar-refractivity contribution is -0.0586. The van der Waals surface area contributed by atoms with Gasteiger partial charge in [0.05, 0.1) is 18.8 Å². The molecule has 1 aliphatic heterocycles. The van der Waals surface area contributed by atoms with Crippen molar-refractivity contribution in [3.63, 3.8) is 0 Å². The van der Waals surface area contributed by atoms with Crippen LogP contribution in [-0.2, 0) is 24.9 Å². The van der Waals surface area contributed by atoms with Gasteiger partial charge in [-0.15, -0.1) is 24.0 Å². The summed E-state index contributed by atoms with van der Waals surface area (Å²) in [4.78, 5) is 23.0. The Bertz CT molecular complexity index is 843. The molecule has 0 aliphatic carbocycles. The van der Waals surface area contributed by atoms with Gasteiger partial charge in [0.25, 0.3) is 5.91 Å². The molecule has 1 fully saturated rings. The Kier molecular flexibility index (Phi) is 9.03. The Hall–Kier alpha value is -2.21. The van der Waals surface area contributed by atoms with Gasteiger partial charge in [-0.2, -0.15) is 5.10 Å². The normalized spacial score (nSPS) is 19.2. The number of morpholine rings is 1. The highest BCUT2D eigenvalue weighted by Crippen LogP contribution is 2.15. The SMILES string of the molecule is CN=C(NCc1ccc(C(=O)N2CC(C)OC(C)C2)cc1)NCc1ncnn1C.I. The second-order valence-electron chi connectivity index (χ2n) is 7.24. The Morgan fingerprint density at radius 1 is 1.17 bits per heavy atom. The van der Waals surface area contributed by atoms with Gasteiger partial charge in [-0.3, -0.25) is 14.5 Å². The first-order valence-electron chi connectivity index (χ1n) is 9.77. The first-order valence-corrected chi connectivity index (χ1v) is 9.77. The van der Waals surface area contributed by atoms with Gasteiger partial charge in [-0.25, -0.2) is 4.98 Å². The van der Waals surface area contributed by atoms with Crippen LogP contribution in [-0.4, -0.2) is 63.9 Å². The highest BCUT2D eigenvalue weighted by Gasteiger charge is 2.26. The molecule has 2 heterocycles. The number of ether oxygens (including phenoxy) is 1. The number of rotatable bonds is 5. The van der Waals surface area contributed by atoms with E-state index in [0.717, 1.165) is 11.4 Å². The fourth-order valence-corrected chi connectivity index (χ4v) is 3.34. The summed E-state index contributed by atoms with van der Waals surface area (Å²) in [5.41, 5.74) is 1.76. The van der Waals surface area contributed by atoms with Crippen LogP contribution >= 0.6 is 24.0 Å². The Morgan fingerprint density at radius 3 is 2.37 bits per heavy atom. The van der Waals surface area contributed by atoms with E-state index in [1.807, 2.05) is 50.1 Å². The van der Waals surface area contributed by atoms with Gasteiger partial charge in [0.2, 0.25) is 0 Å². The lowest BCUT2D eigenvalue weighted by Gasteiger charge is -2.35. The van der Waals surface area contributed by atoms with Crippen molar-refractivity contribution in [1.82, 2.24) is 30.3 Å². The third-order valence-corrected chi connectivity index (χ3v) is 4.81. The number of aromatic nitrogens is 3. The van der Waals surface area contributed by atoms with Crippen LogP contribution in [0, 0.1) is 0 Å². The first kappa shape index (κ1) is 24.1. The van der Waals surface area contributed by atoms with Crippen LogP contribution in [0.3, 0.4) is 0 Å². The molecular formula is C20H30IN7O2. The van der Waals surface area contributed by atoms with Crippen molar-refractivity contribution in [1.29, 1.82) is 0 Å². The van der Waals surface area contributed by atoms with Gasteiger partial charge < -0.3 is 20.3 Å². The van der Waals surface area contributed by atoms with E-state index in [1.165, 1.54) is 6.33 Å². The molecule has 0 spiro atoms. The summed E-state index contributed by atoms with van der Waals surface area (Å²) in [5, 5.41) is 10.5. The van der Waals surface area contributed by atoms with Crippen LogP contribution in [0.4, 0.5) is 0 Å². The molecule has 2 N–H and O–H groups in total. The number of nitrogens with one attached hydrogen (secondary N) is 2. The van der Waals surface area contributed by atoms with Crippen LogP contribution in [0.5, 0.6) is 0 Å². The number of carbonyl (C=O) groups excluding carboxylic acids is 1. The zero-order chi connectivity index (χ0) is 20.8. The van der Waals surface area contributed by atoms with Crippen LogP contribution in [0.1, 0.15) is 35.6 Å². The molecule has 9 nitrogen and oxygen atoms in total. The average Bonchev–Trinajstić information content (AvgIpc) is 3.12. The van der Waals surface area contributed by atoms with Crippen molar-refractivity contribution < 1.29 is 9.53 Å². The average molecular weight is 527 g/mol. The fourth-order valence-electron chi connectivity index (χ4n) is 3.34. The van der Waals surface area contributed by atoms with E-state index in [9.17, 15) is 4.79 Å². The van der Waals surface area contributed by atoms with E-state index >= 15 is 0 Å². The minimum absolute atomic E-state index is 0. The maximum Gasteiger partial charge on any atom is 0.254 e. The van der Waals surface area contributed by atoms with Crippen LogP contribution < -0.4 is 10.6 Å². The predicted octanol–water partition coefficient (Wildman–Crippen LogP) is 1.55. The molecule has 1 aliphatic rings. The third-order valence-electron chi connectivity index (χ3n) is 4.81. The second-order valence-corrected chi connectivity index (χ2v) is 7.24. The van der Waals surface area contributed by atoms with Gasteiger partial charge in [0.15, 0.2) is 5.96 Å². The molecule has 0 bridgehead atoms. The minimum atomic E-state index is 0. The van der Waals surface area contributed by atoms with Crippen molar-refractivity contribution in [2.75, 3.05) is 20.1 Å². The molecule has 10 heteroatoms. The molecule has 3 rings (SSSR count). The number of hydrogen-bond acceptors (Lipinski definition) is 5. The summed E-state index contributed by atoms with van der Waals surface area (Å²) in [5.74, 6) is 1.54. The lowest BCUT2D eigenvalue weighted by Crippen LogP contribution is -2.48. The monoisotopic (exact) mass is 527 g/mol. The lowest BCUT2D eigenvalue weighted by atomic mass is 10.1. The van der Waals surface area contributed by atoms with Crippen molar-refractivity contribution >= 4 is 35.8 Å². The minimum Gasteiger partial charge on any atom is -0.372 e. The molecule has 2 unspecified atom stereocenters. The number of nitrogens with zero attached hydrogens (tertiary/aromatic N) is 5. The van der Waals surface area contributed by atoms with Crippen LogP contribution in [0.15, 0.2) is 35.6 Å². The molecule has 0 saturated carbocycles. The van der Waals surface area contributed by atoms with Gasteiger partial charge in [-0.1, -0.05) is 12.1 Å². The topological polar surface area (TPSA) is 96.7 Å². The molecule has 0 radical (unpaired) electrons. The van der Waals surface area contributed by atoms with Crippen molar-refractivity contribution in [3.05, 3.63) is 47.5 Å². The van der Waals surface area contributed by atoms with E-state index in [-0.39, 0.29) is 42.1 Å². The summed E-state index contributed by atoms with van der Waals surface area (Å²) in [6.07, 6.45) is 1.65. The molecule has 1 aromatic carbocycles. The summed E-state index contributed by atoms with van der Waals surface area (Å²) in [6, 6.07) is 7.67. The number of guanidine groups is 1. The zero-order valence-electron chi connectivity index (χ0n) is 17.8. The number of benzene rings is 1. The van der Waals surface area contributed by atoms with E-state index < -0.39 is 0 Å². The van der Waals surface area contributed by atoms with E-state index in [1.54, 1.807) is 11.7 Å². The molecule has 1 aromatic heterocycles. The number of aryl methyl sites for hydroxylation is 1. The molecule has 2 aromatic rings. The molecule has 164 valence electrons. The van der Waals surface area contributed by atoms with Crippen molar-refractivity contribution in [3.8, 4) is 0 Å². The number of amides is 1. The summed E-state index contributed by atoms with van der Waals surface area (Å²) in [6.45, 7) is 6.37. The summed E-state index contributed by atoms with van der Waals surface area (Å²) >= 11 is 0. The summed E-state index contributed by atoms with van der Waals surface area (Å²) < 4.78 is 7.42. The second kappa shape index (κ2) is 11.3. The van der Waals surface area contributed by atoms with Gasteiger partial charge in [0.1, 0.15) is 12.2 Å². The van der Waals surface area contributed by atoms with Crippen LogP contribution in [0.2, 0.25) is 0 Å². The zero-order valence-corrected chi connectivity index (χ0v) is 20.2. The quantitative estimate of drug-likeness (QED) is 0.348. The Labute approximate surface area is 194 Å². The third kappa shape index (κ3) is 6.39. The Morgan fingerprint density at radius 2 is 1.80 bits per heavy atom. The number of halogens is 1. The van der Waals surface area contributed by atoms with Gasteiger partial charge >= 0.3 is 0 Å². The number of aliphatic imine (C=N–C) groups is 1. The largest absolute Gasteiger partial charge is 0.372 e. The van der Waals surface area contributed by atoms with Crippen molar-refractivity contribution in [2.45, 2.75) is 39.1 Å². The maximum atomic E-state index is 12.8. The maximum absolute atomic E-state index is 12.8. The standard InChI is InChI=1S/C20H29N7O2.HI/c1-14-11-27(12-15(2)29-14)19(28)17-7-5-16(6-8-17)9-22-20(21-3)23-10-18-24-13-25-26(18)4;/h5-8,13-15H,9-12H2,1-4H3,(H2,21,22,23);1H. The highest BCUT2D eigenvalue weighted by molar-refractivity contribution is 14.0. The van der Waals surface area contributed by atoms with Crippen LogP contribution in [0.25, 0.3) is 0 Å². The number of hydrogen-bond donors (Lipinski definition) is 2. The molecule has 2 atom stereocenters. The fraction of sp³-hybridized carbons (Fsp3) is 0.500. The number of carbonyl (C=O) groups is 1. The van der Waals surface area contributed by atoms with E-state index in [0.29, 0.717) is 37.7 Å².